The Balaban J connectivity index is 1.11. The molecule has 1 aromatic rings. The second-order valence-corrected chi connectivity index (χ2v) is 9.63. The highest BCUT2D eigenvalue weighted by atomic mass is 16.5. The lowest BCUT2D eigenvalue weighted by Crippen LogP contribution is -2.62. The highest BCUT2D eigenvalue weighted by molar-refractivity contribution is 5.95. The highest BCUT2D eigenvalue weighted by Gasteiger charge is 2.51. The fourth-order valence-electron chi connectivity index (χ4n) is 6.03. The number of carbonyl (C=O) groups is 3. The third kappa shape index (κ3) is 5.77. The van der Waals surface area contributed by atoms with Gasteiger partial charge < -0.3 is 14.8 Å². The van der Waals surface area contributed by atoms with Gasteiger partial charge >= 0.3 is 12.0 Å². The maximum Gasteiger partial charge on any atom is 0.321 e. The van der Waals surface area contributed by atoms with Crippen molar-refractivity contribution in [2.45, 2.75) is 63.8 Å². The molecule has 4 aliphatic carbocycles. The zero-order chi connectivity index (χ0) is 21.8. The molecule has 0 radical (unpaired) electrons. The maximum absolute atomic E-state index is 12.4. The molecule has 168 valence electrons. The van der Waals surface area contributed by atoms with Gasteiger partial charge in [0.05, 0.1) is 6.61 Å². The van der Waals surface area contributed by atoms with Crippen molar-refractivity contribution in [3.63, 3.8) is 0 Å². The number of rotatable bonds is 8. The van der Waals surface area contributed by atoms with Crippen LogP contribution in [0.25, 0.3) is 0 Å². The van der Waals surface area contributed by atoms with Crippen LogP contribution in [0.4, 0.5) is 4.79 Å². The number of ether oxygens (including phenoxy) is 2. The fourth-order valence-corrected chi connectivity index (χ4v) is 6.03. The Kier molecular flexibility index (Phi) is 6.49. The molecule has 0 aromatic heterocycles. The van der Waals surface area contributed by atoms with E-state index in [-0.39, 0.29) is 12.0 Å². The second-order valence-electron chi connectivity index (χ2n) is 9.63. The van der Waals surface area contributed by atoms with E-state index in [1.165, 1.54) is 19.3 Å². The van der Waals surface area contributed by atoms with Crippen LogP contribution in [-0.2, 0) is 14.3 Å². The molecule has 0 spiro atoms. The molecule has 0 saturated heterocycles. The summed E-state index contributed by atoms with van der Waals surface area (Å²) < 4.78 is 10.6. The first kappa shape index (κ1) is 21.7. The van der Waals surface area contributed by atoms with Gasteiger partial charge in [-0.3, -0.25) is 14.9 Å². The maximum atomic E-state index is 12.4. The molecule has 0 unspecified atom stereocenters. The molecule has 4 aliphatic rings. The molecular formula is C24H32N2O5. The van der Waals surface area contributed by atoms with Gasteiger partial charge in [-0.1, -0.05) is 12.1 Å². The van der Waals surface area contributed by atoms with Gasteiger partial charge in [-0.15, -0.1) is 0 Å². The summed E-state index contributed by atoms with van der Waals surface area (Å²) in [7, 11) is 0. The summed E-state index contributed by atoms with van der Waals surface area (Å²) in [5.41, 5.74) is 0.947. The Morgan fingerprint density at radius 2 is 1.74 bits per heavy atom. The van der Waals surface area contributed by atoms with E-state index in [9.17, 15) is 14.4 Å². The summed E-state index contributed by atoms with van der Waals surface area (Å²) in [4.78, 5) is 36.2. The van der Waals surface area contributed by atoms with Crippen molar-refractivity contribution in [3.8, 4) is 5.75 Å². The van der Waals surface area contributed by atoms with E-state index in [0.717, 1.165) is 30.6 Å². The first-order valence-corrected chi connectivity index (χ1v) is 11.4. The summed E-state index contributed by atoms with van der Waals surface area (Å²) >= 11 is 0. The molecule has 3 amide bonds. The average Bonchev–Trinajstić information content (AvgIpc) is 2.68. The van der Waals surface area contributed by atoms with Crippen LogP contribution in [0.3, 0.4) is 0 Å². The van der Waals surface area contributed by atoms with Gasteiger partial charge in [0.2, 0.25) is 0 Å². The van der Waals surface area contributed by atoms with Crippen molar-refractivity contribution in [2.75, 3.05) is 13.2 Å². The third-order valence-corrected chi connectivity index (χ3v) is 6.82. The van der Waals surface area contributed by atoms with E-state index >= 15 is 0 Å². The molecule has 0 aliphatic heterocycles. The summed E-state index contributed by atoms with van der Waals surface area (Å²) in [6.45, 7) is 1.92. The number of esters is 1. The van der Waals surface area contributed by atoms with E-state index in [0.29, 0.717) is 30.8 Å². The molecule has 4 saturated carbocycles. The van der Waals surface area contributed by atoms with Crippen molar-refractivity contribution < 1.29 is 23.9 Å². The smallest absolute Gasteiger partial charge is 0.321 e. The summed E-state index contributed by atoms with van der Waals surface area (Å²) in [6.07, 6.45) is 7.54. The Bertz CT molecular complexity index is 802. The van der Waals surface area contributed by atoms with Crippen molar-refractivity contribution in [3.05, 3.63) is 29.8 Å². The standard InChI is InChI=1S/C24H32N2O5/c1-16-4-2-5-20(8-16)30-7-3-6-22(28)31-15-21(27)25-23(29)26-24-12-17-9-18(13-24)11-19(10-17)14-24/h2,4-5,8,17-19H,3,6-7,9-15H2,1H3,(H2,25,26,27,29). The first-order valence-electron chi connectivity index (χ1n) is 11.4. The summed E-state index contributed by atoms with van der Waals surface area (Å²) in [6, 6.07) is 7.21. The lowest BCUT2D eigenvalue weighted by Gasteiger charge is -2.56. The van der Waals surface area contributed by atoms with Crippen LogP contribution in [0.5, 0.6) is 5.75 Å². The largest absolute Gasteiger partial charge is 0.494 e. The van der Waals surface area contributed by atoms with Gasteiger partial charge in [0.25, 0.3) is 5.91 Å². The van der Waals surface area contributed by atoms with Gasteiger partial charge in [-0.05, 0) is 87.3 Å². The monoisotopic (exact) mass is 428 g/mol. The minimum atomic E-state index is -0.605. The minimum Gasteiger partial charge on any atom is -0.494 e. The molecule has 7 nitrogen and oxygen atoms in total. The van der Waals surface area contributed by atoms with Gasteiger partial charge in [-0.25, -0.2) is 4.79 Å². The quantitative estimate of drug-likeness (QED) is 0.488. The summed E-state index contributed by atoms with van der Waals surface area (Å²) in [5, 5.41) is 5.39. The number of benzene rings is 1. The zero-order valence-corrected chi connectivity index (χ0v) is 18.2. The van der Waals surface area contributed by atoms with Crippen molar-refractivity contribution in [1.29, 1.82) is 0 Å². The predicted octanol–water partition coefficient (Wildman–Crippen LogP) is 3.49. The topological polar surface area (TPSA) is 93.7 Å². The normalized spacial score (nSPS) is 28.1. The SMILES string of the molecule is Cc1cccc(OCCCC(=O)OCC(=O)NC(=O)NC23CC4CC(CC(C4)C2)C3)c1. The number of hydrogen-bond acceptors (Lipinski definition) is 5. The highest BCUT2D eigenvalue weighted by Crippen LogP contribution is 2.55. The number of carbonyl (C=O) groups excluding carboxylic acids is 3. The molecule has 7 heteroatoms. The summed E-state index contributed by atoms with van der Waals surface area (Å²) in [5.74, 6) is 1.79. The Hall–Kier alpha value is -2.57. The molecule has 5 rings (SSSR count). The number of aryl methyl sites for hydroxylation is 1. The van der Waals surface area contributed by atoms with Crippen molar-refractivity contribution in [2.24, 2.45) is 17.8 Å². The van der Waals surface area contributed by atoms with Crippen molar-refractivity contribution in [1.82, 2.24) is 10.6 Å². The minimum absolute atomic E-state index is 0.151. The zero-order valence-electron chi connectivity index (χ0n) is 18.2. The van der Waals surface area contributed by atoms with E-state index in [4.69, 9.17) is 9.47 Å². The van der Waals surface area contributed by atoms with E-state index in [2.05, 4.69) is 10.6 Å². The molecule has 1 aromatic carbocycles. The predicted molar refractivity (Wildman–Crippen MR) is 114 cm³/mol. The number of amides is 3. The van der Waals surface area contributed by atoms with Crippen LogP contribution in [-0.4, -0.2) is 36.7 Å². The third-order valence-electron chi connectivity index (χ3n) is 6.82. The van der Waals surface area contributed by atoms with Gasteiger partial charge in [0.1, 0.15) is 5.75 Å². The first-order chi connectivity index (χ1) is 14.9. The van der Waals surface area contributed by atoms with Gasteiger partial charge in [0.15, 0.2) is 6.61 Å². The molecular weight excluding hydrogens is 396 g/mol. The lowest BCUT2D eigenvalue weighted by atomic mass is 9.53. The van der Waals surface area contributed by atoms with Crippen LogP contribution < -0.4 is 15.4 Å². The lowest BCUT2D eigenvalue weighted by molar-refractivity contribution is -0.148. The van der Waals surface area contributed by atoms with Crippen LogP contribution in [0.15, 0.2) is 24.3 Å². The number of nitrogens with one attached hydrogen (secondary N) is 2. The van der Waals surface area contributed by atoms with Crippen molar-refractivity contribution >= 4 is 17.9 Å². The molecule has 4 fully saturated rings. The van der Waals surface area contributed by atoms with Gasteiger partial charge in [-0.2, -0.15) is 0 Å². The molecule has 4 bridgehead atoms. The van der Waals surface area contributed by atoms with Gasteiger partial charge in [0, 0.05) is 12.0 Å². The Morgan fingerprint density at radius 1 is 1.06 bits per heavy atom. The Labute approximate surface area is 183 Å². The molecule has 0 atom stereocenters. The average molecular weight is 429 g/mol. The number of imide groups is 1. The van der Waals surface area contributed by atoms with E-state index in [1.54, 1.807) is 0 Å². The number of hydrogen-bond donors (Lipinski definition) is 2. The van der Waals surface area contributed by atoms with Crippen LogP contribution in [0.1, 0.15) is 56.9 Å². The number of urea groups is 1. The molecule has 2 N–H and O–H groups in total. The second kappa shape index (κ2) is 9.28. The molecule has 0 heterocycles. The van der Waals surface area contributed by atoms with E-state index < -0.39 is 24.5 Å². The fraction of sp³-hybridized carbons (Fsp3) is 0.625. The van der Waals surface area contributed by atoms with Crippen LogP contribution in [0.2, 0.25) is 0 Å². The Morgan fingerprint density at radius 3 is 2.39 bits per heavy atom. The van der Waals surface area contributed by atoms with Crippen LogP contribution >= 0.6 is 0 Å². The van der Waals surface area contributed by atoms with Crippen LogP contribution in [0, 0.1) is 24.7 Å². The molecule has 31 heavy (non-hydrogen) atoms. The van der Waals surface area contributed by atoms with E-state index in [1.807, 2.05) is 31.2 Å².